The van der Waals surface area contributed by atoms with Gasteiger partial charge < -0.3 is 10.5 Å². The number of hydrogen-bond donors (Lipinski definition) is 1. The van der Waals surface area contributed by atoms with E-state index in [0.29, 0.717) is 17.1 Å². The summed E-state index contributed by atoms with van der Waals surface area (Å²) in [5.74, 6) is -0.476. The highest BCUT2D eigenvalue weighted by Gasteiger charge is 2.35. The number of carbonyl (C=O) groups is 2. The van der Waals surface area contributed by atoms with Gasteiger partial charge >= 0.3 is 6.09 Å². The minimum absolute atomic E-state index is 0.177. The van der Waals surface area contributed by atoms with Crippen molar-refractivity contribution < 1.29 is 14.3 Å². The van der Waals surface area contributed by atoms with Crippen molar-refractivity contribution in [3.8, 4) is 0 Å². The van der Waals surface area contributed by atoms with Gasteiger partial charge in [-0.2, -0.15) is 0 Å². The molecule has 2 amide bonds. The molecule has 0 spiro atoms. The van der Waals surface area contributed by atoms with E-state index in [1.165, 1.54) is 0 Å². The third kappa shape index (κ3) is 3.21. The van der Waals surface area contributed by atoms with Crippen LogP contribution < -0.4 is 5.73 Å². The minimum atomic E-state index is -0.476. The lowest BCUT2D eigenvalue weighted by atomic mass is 10.0. The number of cyclic esters (lactones) is 1. The smallest absolute Gasteiger partial charge is 0.411 e. The van der Waals surface area contributed by atoms with Crippen molar-refractivity contribution in [2.75, 3.05) is 6.54 Å². The summed E-state index contributed by atoms with van der Waals surface area (Å²) in [6.07, 6.45) is -0.713. The summed E-state index contributed by atoms with van der Waals surface area (Å²) in [6, 6.07) is 14.0. The molecule has 6 heteroatoms. The Labute approximate surface area is 145 Å². The van der Waals surface area contributed by atoms with Crippen LogP contribution in [0.3, 0.4) is 0 Å². The molecule has 1 saturated heterocycles. The Balaban J connectivity index is 1.77. The first-order valence-corrected chi connectivity index (χ1v) is 7.96. The van der Waals surface area contributed by atoms with E-state index in [4.69, 9.17) is 22.1 Å². The maximum absolute atomic E-state index is 12.2. The van der Waals surface area contributed by atoms with Crippen molar-refractivity contribution in [1.29, 1.82) is 0 Å². The molecule has 0 aliphatic carbocycles. The molecule has 2 aromatic carbocycles. The number of nitrogens with two attached hydrogens (primary N) is 1. The fourth-order valence-electron chi connectivity index (χ4n) is 2.78. The van der Waals surface area contributed by atoms with E-state index in [9.17, 15) is 9.59 Å². The van der Waals surface area contributed by atoms with E-state index in [0.717, 1.165) is 11.1 Å². The van der Waals surface area contributed by atoms with Gasteiger partial charge in [0.2, 0.25) is 5.91 Å². The fourth-order valence-corrected chi connectivity index (χ4v) is 2.98. The summed E-state index contributed by atoms with van der Waals surface area (Å²) in [5, 5.41) is 0.608. The Kier molecular flexibility index (Phi) is 4.44. The predicted octanol–water partition coefficient (Wildman–Crippen LogP) is 3.69. The molecule has 0 saturated carbocycles. The topological polar surface area (TPSA) is 72.6 Å². The van der Waals surface area contributed by atoms with Crippen molar-refractivity contribution in [2.24, 2.45) is 5.73 Å². The zero-order valence-corrected chi connectivity index (χ0v) is 13.9. The second kappa shape index (κ2) is 6.53. The molecule has 2 atom stereocenters. The van der Waals surface area contributed by atoms with Crippen LogP contribution in [0.2, 0.25) is 5.02 Å². The van der Waals surface area contributed by atoms with Crippen LogP contribution in [-0.4, -0.2) is 23.4 Å². The first-order valence-electron chi connectivity index (χ1n) is 7.58. The highest BCUT2D eigenvalue weighted by Crippen LogP contribution is 2.33. The summed E-state index contributed by atoms with van der Waals surface area (Å²) in [6.45, 7) is 2.36. The molecule has 1 fully saturated rings. The zero-order chi connectivity index (χ0) is 17.3. The van der Waals surface area contributed by atoms with Crippen molar-refractivity contribution in [3.05, 3.63) is 70.2 Å². The van der Waals surface area contributed by atoms with E-state index in [1.807, 2.05) is 19.1 Å². The number of amides is 2. The number of nitrogens with zero attached hydrogens (tertiary/aromatic N) is 1. The Morgan fingerprint density at radius 3 is 2.62 bits per heavy atom. The summed E-state index contributed by atoms with van der Waals surface area (Å²) < 4.78 is 5.47. The molecule has 1 aliphatic rings. The van der Waals surface area contributed by atoms with Crippen LogP contribution in [0.15, 0.2) is 48.5 Å². The molecule has 24 heavy (non-hydrogen) atoms. The molecular weight excluding hydrogens is 328 g/mol. The van der Waals surface area contributed by atoms with Gasteiger partial charge in [0, 0.05) is 10.6 Å². The van der Waals surface area contributed by atoms with Crippen molar-refractivity contribution in [1.82, 2.24) is 4.90 Å². The molecule has 3 rings (SSSR count). The van der Waals surface area contributed by atoms with Crippen LogP contribution >= 0.6 is 11.6 Å². The maximum atomic E-state index is 12.2. The van der Waals surface area contributed by atoms with Crippen LogP contribution in [0.4, 0.5) is 4.79 Å². The molecule has 1 aliphatic heterocycles. The standard InChI is InChI=1S/C18H17ClN2O3/c1-11(12-5-7-13(8-6-12)17(20)22)21-10-16(24-18(21)23)14-3-2-4-15(19)9-14/h2-9,11,16H,10H2,1H3,(H2,20,22)/t11?,16-/m0/s1. The van der Waals surface area contributed by atoms with Gasteiger partial charge in [-0.25, -0.2) is 4.79 Å². The third-order valence-corrected chi connectivity index (χ3v) is 4.44. The predicted molar refractivity (Wildman–Crippen MR) is 90.8 cm³/mol. The van der Waals surface area contributed by atoms with Crippen LogP contribution in [0.5, 0.6) is 0 Å². The monoisotopic (exact) mass is 344 g/mol. The molecule has 1 unspecified atom stereocenters. The average Bonchev–Trinajstić information content (AvgIpc) is 2.96. The summed E-state index contributed by atoms with van der Waals surface area (Å²) in [5.41, 5.74) is 7.46. The molecule has 124 valence electrons. The van der Waals surface area contributed by atoms with Gasteiger partial charge in [0.1, 0.15) is 6.10 Å². The van der Waals surface area contributed by atoms with E-state index in [-0.39, 0.29) is 18.2 Å². The molecule has 0 bridgehead atoms. The Morgan fingerprint density at radius 1 is 1.29 bits per heavy atom. The van der Waals surface area contributed by atoms with Crippen LogP contribution in [-0.2, 0) is 4.74 Å². The lowest BCUT2D eigenvalue weighted by Crippen LogP contribution is -2.27. The number of rotatable bonds is 4. The number of hydrogen-bond acceptors (Lipinski definition) is 3. The molecule has 0 radical (unpaired) electrons. The number of ether oxygens (including phenoxy) is 1. The van der Waals surface area contributed by atoms with Gasteiger partial charge in [-0.3, -0.25) is 9.69 Å². The van der Waals surface area contributed by atoms with Crippen molar-refractivity contribution in [2.45, 2.75) is 19.1 Å². The van der Waals surface area contributed by atoms with E-state index < -0.39 is 5.91 Å². The normalized spacial score (nSPS) is 18.3. The lowest BCUT2D eigenvalue weighted by Gasteiger charge is -2.22. The second-order valence-corrected chi connectivity index (χ2v) is 6.18. The van der Waals surface area contributed by atoms with Gasteiger partial charge in [0.05, 0.1) is 12.6 Å². The SMILES string of the molecule is CC(c1ccc(C(N)=O)cc1)N1C[C@@H](c2cccc(Cl)c2)OC1=O. The molecular formula is C18H17ClN2O3. The van der Waals surface area contributed by atoms with Gasteiger partial charge in [-0.1, -0.05) is 35.9 Å². The number of primary amides is 1. The first-order chi connectivity index (χ1) is 11.5. The highest BCUT2D eigenvalue weighted by molar-refractivity contribution is 6.30. The van der Waals surface area contributed by atoms with Gasteiger partial charge in [-0.15, -0.1) is 0 Å². The number of carbonyl (C=O) groups excluding carboxylic acids is 2. The first kappa shape index (κ1) is 16.3. The third-order valence-electron chi connectivity index (χ3n) is 4.21. The van der Waals surface area contributed by atoms with Crippen LogP contribution in [0.1, 0.15) is 40.6 Å². The van der Waals surface area contributed by atoms with E-state index in [2.05, 4.69) is 0 Å². The average molecular weight is 345 g/mol. The number of halogens is 1. The largest absolute Gasteiger partial charge is 0.439 e. The van der Waals surface area contributed by atoms with E-state index in [1.54, 1.807) is 41.3 Å². The highest BCUT2D eigenvalue weighted by atomic mass is 35.5. The molecule has 1 heterocycles. The summed E-state index contributed by atoms with van der Waals surface area (Å²) in [4.78, 5) is 25.0. The van der Waals surface area contributed by atoms with Crippen molar-refractivity contribution >= 4 is 23.6 Å². The quantitative estimate of drug-likeness (QED) is 0.919. The Hall–Kier alpha value is -2.53. The van der Waals surface area contributed by atoms with Gasteiger partial charge in [-0.05, 0) is 42.3 Å². The zero-order valence-electron chi connectivity index (χ0n) is 13.1. The van der Waals surface area contributed by atoms with E-state index >= 15 is 0 Å². The van der Waals surface area contributed by atoms with Crippen LogP contribution in [0.25, 0.3) is 0 Å². The molecule has 0 aromatic heterocycles. The molecule has 2 N–H and O–H groups in total. The molecule has 2 aromatic rings. The van der Waals surface area contributed by atoms with Gasteiger partial charge in [0.15, 0.2) is 0 Å². The minimum Gasteiger partial charge on any atom is -0.439 e. The Morgan fingerprint density at radius 2 is 2.00 bits per heavy atom. The lowest BCUT2D eigenvalue weighted by molar-refractivity contribution is 0.1000. The maximum Gasteiger partial charge on any atom is 0.411 e. The molecule has 5 nitrogen and oxygen atoms in total. The van der Waals surface area contributed by atoms with Crippen LogP contribution in [0, 0.1) is 0 Å². The Bertz CT molecular complexity index is 776. The summed E-state index contributed by atoms with van der Waals surface area (Å²) >= 11 is 6.00. The second-order valence-electron chi connectivity index (χ2n) is 5.74. The number of benzene rings is 2. The van der Waals surface area contributed by atoms with Crippen molar-refractivity contribution in [3.63, 3.8) is 0 Å². The van der Waals surface area contributed by atoms with Gasteiger partial charge in [0.25, 0.3) is 0 Å². The summed E-state index contributed by atoms with van der Waals surface area (Å²) in [7, 11) is 0. The fraction of sp³-hybridized carbons (Fsp3) is 0.222.